The van der Waals surface area contributed by atoms with Crippen molar-refractivity contribution in [2.24, 2.45) is 0 Å². The normalized spacial score (nSPS) is 15.7. The number of barbiturate groups is 1. The maximum Gasteiger partial charge on any atom is 0.335 e. The molecule has 4 amide bonds. The third-order valence-electron chi connectivity index (χ3n) is 4.44. The van der Waals surface area contributed by atoms with E-state index in [9.17, 15) is 14.4 Å². The molecule has 2 aromatic carbocycles. The van der Waals surface area contributed by atoms with Gasteiger partial charge < -0.3 is 4.42 Å². The van der Waals surface area contributed by atoms with Crippen molar-refractivity contribution in [1.29, 1.82) is 0 Å². The predicted molar refractivity (Wildman–Crippen MR) is 112 cm³/mol. The van der Waals surface area contributed by atoms with Gasteiger partial charge in [-0.2, -0.15) is 0 Å². The van der Waals surface area contributed by atoms with Gasteiger partial charge in [0.25, 0.3) is 11.8 Å². The number of carbonyl (C=O) groups excluding carboxylic acids is 3. The maximum absolute atomic E-state index is 12.9. The highest BCUT2D eigenvalue weighted by molar-refractivity contribution is 9.10. The number of hydrogen-bond acceptors (Lipinski definition) is 4. The summed E-state index contributed by atoms with van der Waals surface area (Å²) in [6.07, 6.45) is 1.34. The molecule has 1 aliphatic heterocycles. The van der Waals surface area contributed by atoms with Gasteiger partial charge in [0, 0.05) is 10.0 Å². The maximum atomic E-state index is 12.9. The molecule has 0 bridgehead atoms. The SMILES string of the molecule is Cc1ccc(N2C(=O)NC(=O)/C(=C\c3ccc(-c4ccc(Br)cc4)o3)C2=O)cc1. The molecule has 6 nitrogen and oxygen atoms in total. The van der Waals surface area contributed by atoms with Crippen molar-refractivity contribution in [2.45, 2.75) is 6.92 Å². The van der Waals surface area contributed by atoms with Gasteiger partial charge in [-0.25, -0.2) is 9.69 Å². The molecule has 1 N–H and O–H groups in total. The van der Waals surface area contributed by atoms with E-state index in [0.717, 1.165) is 20.5 Å². The molecule has 0 spiro atoms. The minimum absolute atomic E-state index is 0.179. The second kappa shape index (κ2) is 7.52. The molecule has 0 aliphatic carbocycles. The largest absolute Gasteiger partial charge is 0.457 e. The fourth-order valence-corrected chi connectivity index (χ4v) is 3.19. The van der Waals surface area contributed by atoms with Gasteiger partial charge in [0.15, 0.2) is 0 Å². The Morgan fingerprint density at radius 1 is 0.931 bits per heavy atom. The van der Waals surface area contributed by atoms with E-state index >= 15 is 0 Å². The highest BCUT2D eigenvalue weighted by Gasteiger charge is 2.37. The zero-order valence-electron chi connectivity index (χ0n) is 15.3. The summed E-state index contributed by atoms with van der Waals surface area (Å²) in [5.41, 5.74) is 2.05. The molecule has 1 fully saturated rings. The van der Waals surface area contributed by atoms with E-state index in [1.807, 2.05) is 31.2 Å². The van der Waals surface area contributed by atoms with Crippen molar-refractivity contribution < 1.29 is 18.8 Å². The lowest BCUT2D eigenvalue weighted by Gasteiger charge is -2.26. The number of anilines is 1. The average molecular weight is 451 g/mol. The predicted octanol–water partition coefficient (Wildman–Crippen LogP) is 4.68. The van der Waals surface area contributed by atoms with Crippen LogP contribution in [0.3, 0.4) is 0 Å². The zero-order chi connectivity index (χ0) is 20.5. The van der Waals surface area contributed by atoms with Crippen LogP contribution >= 0.6 is 15.9 Å². The van der Waals surface area contributed by atoms with Crippen LogP contribution < -0.4 is 10.2 Å². The summed E-state index contributed by atoms with van der Waals surface area (Å²) >= 11 is 3.38. The molecule has 0 saturated carbocycles. The Morgan fingerprint density at radius 3 is 2.31 bits per heavy atom. The lowest BCUT2D eigenvalue weighted by molar-refractivity contribution is -0.122. The van der Waals surface area contributed by atoms with Gasteiger partial charge in [-0.1, -0.05) is 45.8 Å². The first-order valence-electron chi connectivity index (χ1n) is 8.76. The number of aryl methyl sites for hydroxylation is 1. The van der Waals surface area contributed by atoms with Crippen molar-refractivity contribution in [3.05, 3.63) is 82.0 Å². The second-order valence-electron chi connectivity index (χ2n) is 6.50. The summed E-state index contributed by atoms with van der Waals surface area (Å²) in [7, 11) is 0. The van der Waals surface area contributed by atoms with Gasteiger partial charge in [-0.15, -0.1) is 0 Å². The summed E-state index contributed by atoms with van der Waals surface area (Å²) < 4.78 is 6.71. The Bertz CT molecular complexity index is 1140. The molecule has 3 aromatic rings. The Labute approximate surface area is 174 Å². The second-order valence-corrected chi connectivity index (χ2v) is 7.42. The van der Waals surface area contributed by atoms with Gasteiger partial charge in [-0.05, 0) is 49.4 Å². The molecule has 0 radical (unpaired) electrons. The fourth-order valence-electron chi connectivity index (χ4n) is 2.93. The molecule has 29 heavy (non-hydrogen) atoms. The minimum Gasteiger partial charge on any atom is -0.457 e. The Balaban J connectivity index is 1.66. The van der Waals surface area contributed by atoms with Crippen LogP contribution in [0.4, 0.5) is 10.5 Å². The highest BCUT2D eigenvalue weighted by atomic mass is 79.9. The standard InChI is InChI=1S/C22H15BrN2O4/c1-13-2-8-16(9-3-13)25-21(27)18(20(26)24-22(25)28)12-17-10-11-19(29-17)14-4-6-15(23)7-5-14/h2-12H,1H3,(H,24,26,28)/b18-12+. The third-order valence-corrected chi connectivity index (χ3v) is 4.96. The van der Waals surface area contributed by atoms with Crippen molar-refractivity contribution in [3.63, 3.8) is 0 Å². The lowest BCUT2D eigenvalue weighted by Crippen LogP contribution is -2.54. The van der Waals surface area contributed by atoms with Crippen LogP contribution in [-0.4, -0.2) is 17.8 Å². The number of benzene rings is 2. The first-order chi connectivity index (χ1) is 13.9. The van der Waals surface area contributed by atoms with E-state index in [-0.39, 0.29) is 5.57 Å². The molecule has 0 unspecified atom stereocenters. The molecule has 1 aliphatic rings. The zero-order valence-corrected chi connectivity index (χ0v) is 16.9. The monoisotopic (exact) mass is 450 g/mol. The molecular weight excluding hydrogens is 436 g/mol. The molecular formula is C22H15BrN2O4. The first-order valence-corrected chi connectivity index (χ1v) is 9.55. The number of rotatable bonds is 3. The first kappa shape index (κ1) is 18.9. The Kier molecular flexibility index (Phi) is 4.90. The highest BCUT2D eigenvalue weighted by Crippen LogP contribution is 2.27. The van der Waals surface area contributed by atoms with Gasteiger partial charge in [0.05, 0.1) is 5.69 Å². The van der Waals surface area contributed by atoms with E-state index < -0.39 is 17.8 Å². The molecule has 0 atom stereocenters. The number of amides is 4. The average Bonchev–Trinajstić information content (AvgIpc) is 3.16. The quantitative estimate of drug-likeness (QED) is 0.463. The van der Waals surface area contributed by atoms with Crippen molar-refractivity contribution in [3.8, 4) is 11.3 Å². The van der Waals surface area contributed by atoms with Crippen molar-refractivity contribution in [1.82, 2.24) is 5.32 Å². The summed E-state index contributed by atoms with van der Waals surface area (Å²) in [5, 5.41) is 2.20. The number of furan rings is 1. The summed E-state index contributed by atoms with van der Waals surface area (Å²) in [4.78, 5) is 38.3. The van der Waals surface area contributed by atoms with E-state index in [4.69, 9.17) is 4.42 Å². The van der Waals surface area contributed by atoms with E-state index in [1.165, 1.54) is 6.08 Å². The smallest absolute Gasteiger partial charge is 0.335 e. The summed E-state index contributed by atoms with van der Waals surface area (Å²) in [6.45, 7) is 1.90. The number of hydrogen-bond donors (Lipinski definition) is 1. The van der Waals surface area contributed by atoms with Gasteiger partial charge in [-0.3, -0.25) is 14.9 Å². The lowest BCUT2D eigenvalue weighted by atomic mass is 10.1. The Morgan fingerprint density at radius 2 is 1.62 bits per heavy atom. The number of urea groups is 1. The topological polar surface area (TPSA) is 79.6 Å². The number of halogens is 1. The summed E-state index contributed by atoms with van der Waals surface area (Å²) in [5.74, 6) is -0.534. The molecule has 7 heteroatoms. The van der Waals surface area contributed by atoms with Crippen molar-refractivity contribution >= 4 is 45.5 Å². The van der Waals surface area contributed by atoms with Crippen LogP contribution in [0.5, 0.6) is 0 Å². The molecule has 144 valence electrons. The summed E-state index contributed by atoms with van der Waals surface area (Å²) in [6, 6.07) is 17.1. The number of imide groups is 2. The third kappa shape index (κ3) is 3.77. The van der Waals surface area contributed by atoms with Crippen LogP contribution in [0.15, 0.2) is 75.1 Å². The number of nitrogens with one attached hydrogen (secondary N) is 1. The van der Waals surface area contributed by atoms with E-state index in [0.29, 0.717) is 17.2 Å². The minimum atomic E-state index is -0.781. The number of nitrogens with zero attached hydrogens (tertiary/aromatic N) is 1. The van der Waals surface area contributed by atoms with Crippen LogP contribution in [0.1, 0.15) is 11.3 Å². The Hall–Kier alpha value is -3.45. The molecule has 1 aromatic heterocycles. The number of carbonyl (C=O) groups is 3. The molecule has 1 saturated heterocycles. The van der Waals surface area contributed by atoms with Gasteiger partial charge >= 0.3 is 6.03 Å². The molecule has 4 rings (SSSR count). The van der Waals surface area contributed by atoms with E-state index in [1.54, 1.807) is 36.4 Å². The van der Waals surface area contributed by atoms with Gasteiger partial charge in [0.2, 0.25) is 0 Å². The van der Waals surface area contributed by atoms with Crippen molar-refractivity contribution in [2.75, 3.05) is 4.90 Å². The van der Waals surface area contributed by atoms with Crippen LogP contribution in [0.2, 0.25) is 0 Å². The van der Waals surface area contributed by atoms with Crippen LogP contribution in [0.25, 0.3) is 17.4 Å². The molecule has 2 heterocycles. The fraction of sp³-hybridized carbons (Fsp3) is 0.0455. The van der Waals surface area contributed by atoms with Crippen LogP contribution in [0, 0.1) is 6.92 Å². The van der Waals surface area contributed by atoms with E-state index in [2.05, 4.69) is 21.2 Å². The van der Waals surface area contributed by atoms with Crippen LogP contribution in [-0.2, 0) is 9.59 Å². The van der Waals surface area contributed by atoms with Gasteiger partial charge in [0.1, 0.15) is 17.1 Å².